The predicted molar refractivity (Wildman–Crippen MR) is 82.6 cm³/mol. The molecule has 0 saturated heterocycles. The first-order valence-electron chi connectivity index (χ1n) is 6.76. The zero-order valence-electron chi connectivity index (χ0n) is 11.7. The summed E-state index contributed by atoms with van der Waals surface area (Å²) in [6, 6.07) is 5.59. The molecule has 4 heteroatoms. The number of carbonyl (C=O) groups excluding carboxylic acids is 1. The summed E-state index contributed by atoms with van der Waals surface area (Å²) < 4.78 is 0.230. The molecule has 0 radical (unpaired) electrons. The molecule has 1 aliphatic rings. The minimum Gasteiger partial charge on any atom is -0.398 e. The van der Waals surface area contributed by atoms with Crippen LogP contribution in [0.1, 0.15) is 41.6 Å². The number of nitrogens with one attached hydrogen (secondary N) is 1. The maximum absolute atomic E-state index is 12.2. The zero-order chi connectivity index (χ0) is 13.9. The lowest BCUT2D eigenvalue weighted by molar-refractivity contribution is 0.0950. The van der Waals surface area contributed by atoms with Crippen LogP contribution in [0.25, 0.3) is 0 Å². The summed E-state index contributed by atoms with van der Waals surface area (Å²) in [4.78, 5) is 12.2. The lowest BCUT2D eigenvalue weighted by Gasteiger charge is -2.27. The molecule has 19 heavy (non-hydrogen) atoms. The fourth-order valence-electron chi connectivity index (χ4n) is 2.69. The maximum atomic E-state index is 12.2. The molecule has 0 spiro atoms. The van der Waals surface area contributed by atoms with Crippen molar-refractivity contribution < 1.29 is 4.79 Å². The number of amides is 1. The third-order valence-corrected chi connectivity index (χ3v) is 5.51. The number of aryl methyl sites for hydroxylation is 1. The molecule has 1 aliphatic carbocycles. The van der Waals surface area contributed by atoms with Crippen molar-refractivity contribution in [3.63, 3.8) is 0 Å². The molecule has 0 unspecified atom stereocenters. The van der Waals surface area contributed by atoms with Gasteiger partial charge in [0.15, 0.2) is 0 Å². The second kappa shape index (κ2) is 5.87. The van der Waals surface area contributed by atoms with Gasteiger partial charge in [0.1, 0.15) is 0 Å². The molecule has 1 saturated carbocycles. The van der Waals surface area contributed by atoms with E-state index >= 15 is 0 Å². The highest BCUT2D eigenvalue weighted by atomic mass is 32.2. The maximum Gasteiger partial charge on any atom is 0.253 e. The number of nitrogen functional groups attached to an aromatic ring is 1. The summed E-state index contributed by atoms with van der Waals surface area (Å²) in [5.41, 5.74) is 8.10. The second-order valence-corrected chi connectivity index (χ2v) is 6.59. The van der Waals surface area contributed by atoms with E-state index in [1.54, 1.807) is 6.07 Å². The molecule has 3 nitrogen and oxygen atoms in total. The quantitative estimate of drug-likeness (QED) is 0.833. The van der Waals surface area contributed by atoms with E-state index in [9.17, 15) is 4.79 Å². The minimum atomic E-state index is -0.0541. The van der Waals surface area contributed by atoms with Crippen LogP contribution in [0.4, 0.5) is 5.69 Å². The van der Waals surface area contributed by atoms with E-state index in [0.29, 0.717) is 11.3 Å². The Morgan fingerprint density at radius 1 is 1.42 bits per heavy atom. The van der Waals surface area contributed by atoms with Crippen molar-refractivity contribution in [1.29, 1.82) is 0 Å². The fraction of sp³-hybridized carbons (Fsp3) is 0.533. The van der Waals surface area contributed by atoms with Crippen LogP contribution in [-0.2, 0) is 0 Å². The summed E-state index contributed by atoms with van der Waals surface area (Å²) in [6.07, 6.45) is 7.06. The SMILES string of the molecule is CSC1(CNC(=O)c2cccc(C)c2N)CCCC1. The highest BCUT2D eigenvalue weighted by Crippen LogP contribution is 2.39. The average Bonchev–Trinajstić information content (AvgIpc) is 2.89. The van der Waals surface area contributed by atoms with Crippen molar-refractivity contribution in [2.24, 2.45) is 0 Å². The Morgan fingerprint density at radius 3 is 2.74 bits per heavy atom. The molecule has 0 atom stereocenters. The first-order valence-corrected chi connectivity index (χ1v) is 7.99. The highest BCUT2D eigenvalue weighted by molar-refractivity contribution is 8.00. The van der Waals surface area contributed by atoms with Gasteiger partial charge in [-0.2, -0.15) is 11.8 Å². The molecule has 1 fully saturated rings. The van der Waals surface area contributed by atoms with Crippen LogP contribution < -0.4 is 11.1 Å². The summed E-state index contributed by atoms with van der Waals surface area (Å²) in [5, 5.41) is 3.06. The van der Waals surface area contributed by atoms with Crippen LogP contribution in [0.3, 0.4) is 0 Å². The van der Waals surface area contributed by atoms with Gasteiger partial charge < -0.3 is 11.1 Å². The first-order chi connectivity index (χ1) is 9.08. The highest BCUT2D eigenvalue weighted by Gasteiger charge is 2.33. The van der Waals surface area contributed by atoms with Gasteiger partial charge in [-0.1, -0.05) is 25.0 Å². The number of carbonyl (C=O) groups is 1. The van der Waals surface area contributed by atoms with Crippen LogP contribution in [0.5, 0.6) is 0 Å². The molecular formula is C15H22N2OS. The molecule has 1 amide bonds. The monoisotopic (exact) mass is 278 g/mol. The molecule has 1 aromatic carbocycles. The van der Waals surface area contributed by atoms with Crippen molar-refractivity contribution in [2.45, 2.75) is 37.4 Å². The van der Waals surface area contributed by atoms with Crippen molar-refractivity contribution in [3.05, 3.63) is 29.3 Å². The van der Waals surface area contributed by atoms with Gasteiger partial charge in [0.2, 0.25) is 0 Å². The van der Waals surface area contributed by atoms with Gasteiger partial charge in [0, 0.05) is 17.0 Å². The van der Waals surface area contributed by atoms with Crippen molar-refractivity contribution in [3.8, 4) is 0 Å². The third kappa shape index (κ3) is 3.06. The van der Waals surface area contributed by atoms with E-state index in [-0.39, 0.29) is 10.7 Å². The van der Waals surface area contributed by atoms with E-state index < -0.39 is 0 Å². The van der Waals surface area contributed by atoms with Gasteiger partial charge >= 0.3 is 0 Å². The van der Waals surface area contributed by atoms with Crippen molar-refractivity contribution >= 4 is 23.4 Å². The molecule has 3 N–H and O–H groups in total. The first kappa shape index (κ1) is 14.3. The summed E-state index contributed by atoms with van der Waals surface area (Å²) in [7, 11) is 0. The molecule has 1 aromatic rings. The number of anilines is 1. The lowest BCUT2D eigenvalue weighted by Crippen LogP contribution is -2.38. The number of benzene rings is 1. The van der Waals surface area contributed by atoms with E-state index in [4.69, 9.17) is 5.73 Å². The Balaban J connectivity index is 2.03. The third-order valence-electron chi connectivity index (χ3n) is 4.09. The largest absolute Gasteiger partial charge is 0.398 e. The Bertz CT molecular complexity index is 467. The zero-order valence-corrected chi connectivity index (χ0v) is 12.5. The fourth-order valence-corrected chi connectivity index (χ4v) is 3.60. The predicted octanol–water partition coefficient (Wildman–Crippen LogP) is 2.98. The summed E-state index contributed by atoms with van der Waals surface area (Å²) >= 11 is 1.88. The van der Waals surface area contributed by atoms with E-state index in [2.05, 4.69) is 11.6 Å². The van der Waals surface area contributed by atoms with Crippen LogP contribution in [0, 0.1) is 6.92 Å². The van der Waals surface area contributed by atoms with Crippen LogP contribution in [-0.4, -0.2) is 23.5 Å². The average molecular weight is 278 g/mol. The lowest BCUT2D eigenvalue weighted by atomic mass is 10.1. The van der Waals surface area contributed by atoms with Crippen LogP contribution in [0.2, 0.25) is 0 Å². The number of hydrogen-bond donors (Lipinski definition) is 2. The van der Waals surface area contributed by atoms with Crippen LogP contribution in [0.15, 0.2) is 18.2 Å². The summed E-state index contributed by atoms with van der Waals surface area (Å²) in [6.45, 7) is 2.66. The minimum absolute atomic E-state index is 0.0541. The molecule has 0 aromatic heterocycles. The Hall–Kier alpha value is -1.16. The second-order valence-electron chi connectivity index (χ2n) is 5.31. The van der Waals surface area contributed by atoms with Crippen molar-refractivity contribution in [2.75, 3.05) is 18.5 Å². The van der Waals surface area contributed by atoms with Gasteiger partial charge in [-0.3, -0.25) is 4.79 Å². The number of rotatable bonds is 4. The van der Waals surface area contributed by atoms with Gasteiger partial charge in [-0.25, -0.2) is 0 Å². The normalized spacial score (nSPS) is 17.4. The Labute approximate surface area is 119 Å². The molecule has 104 valence electrons. The summed E-state index contributed by atoms with van der Waals surface area (Å²) in [5.74, 6) is -0.0541. The van der Waals surface area contributed by atoms with Crippen LogP contribution >= 0.6 is 11.8 Å². The van der Waals surface area contributed by atoms with Gasteiger partial charge in [0.05, 0.1) is 5.56 Å². The van der Waals surface area contributed by atoms with E-state index in [1.807, 2.05) is 30.8 Å². The van der Waals surface area contributed by atoms with Gasteiger partial charge in [-0.15, -0.1) is 0 Å². The Morgan fingerprint density at radius 2 is 2.11 bits per heavy atom. The molecular weight excluding hydrogens is 256 g/mol. The number of para-hydroxylation sites is 1. The molecule has 0 bridgehead atoms. The molecule has 0 heterocycles. The van der Waals surface area contributed by atoms with Gasteiger partial charge in [-0.05, 0) is 37.7 Å². The van der Waals surface area contributed by atoms with E-state index in [1.165, 1.54) is 25.7 Å². The standard InChI is InChI=1S/C15H22N2OS/c1-11-6-5-7-12(13(11)16)14(18)17-10-15(19-2)8-3-4-9-15/h5-7H,3-4,8-10,16H2,1-2H3,(H,17,18). The number of nitrogens with two attached hydrogens (primary N) is 1. The number of hydrogen-bond acceptors (Lipinski definition) is 3. The smallest absolute Gasteiger partial charge is 0.253 e. The van der Waals surface area contributed by atoms with Crippen molar-refractivity contribution in [1.82, 2.24) is 5.32 Å². The number of thioether (sulfide) groups is 1. The Kier molecular flexibility index (Phi) is 4.40. The van der Waals surface area contributed by atoms with E-state index in [0.717, 1.165) is 12.1 Å². The molecule has 2 rings (SSSR count). The molecule has 0 aliphatic heterocycles. The topological polar surface area (TPSA) is 55.1 Å². The van der Waals surface area contributed by atoms with Gasteiger partial charge in [0.25, 0.3) is 5.91 Å².